The number of rotatable bonds is 9. The monoisotopic (exact) mass is 388 g/mol. The van der Waals surface area contributed by atoms with Gasteiger partial charge in [0.1, 0.15) is 17.4 Å². The summed E-state index contributed by atoms with van der Waals surface area (Å²) in [5.41, 5.74) is 2.24. The number of hydrogen-bond acceptors (Lipinski definition) is 3. The highest BCUT2D eigenvalue weighted by atomic mass is 16.5. The molecule has 0 radical (unpaired) electrons. The van der Waals surface area contributed by atoms with Crippen LogP contribution in [0.1, 0.15) is 120 Å². The summed E-state index contributed by atoms with van der Waals surface area (Å²) in [5.74, 6) is -0.234. The second-order valence-electron chi connectivity index (χ2n) is 9.46. The van der Waals surface area contributed by atoms with Gasteiger partial charge in [-0.25, -0.2) is 4.79 Å². The van der Waals surface area contributed by atoms with E-state index in [9.17, 15) is 9.90 Å². The zero-order valence-electron chi connectivity index (χ0n) is 18.5. The summed E-state index contributed by atoms with van der Waals surface area (Å²) >= 11 is 0. The molecule has 0 bridgehead atoms. The van der Waals surface area contributed by atoms with Gasteiger partial charge in [-0.2, -0.15) is 0 Å². The standard InChI is InChI=1S/C25H40O3/c1-5-6-7-8-9-11-14-19-17-20(25(2,3)4)18-22(23(19)26)24(27)28-21-15-12-10-13-16-21/h17-18,21,26H,5-16H2,1-4H3. The minimum Gasteiger partial charge on any atom is -0.507 e. The van der Waals surface area contributed by atoms with E-state index >= 15 is 0 Å². The van der Waals surface area contributed by atoms with Crippen LogP contribution in [-0.2, 0) is 16.6 Å². The molecule has 1 N–H and O–H groups in total. The summed E-state index contributed by atoms with van der Waals surface area (Å²) in [6, 6.07) is 3.92. The van der Waals surface area contributed by atoms with Crippen LogP contribution in [0.4, 0.5) is 0 Å². The zero-order valence-corrected chi connectivity index (χ0v) is 18.5. The molecule has 1 aromatic rings. The molecule has 0 unspecified atom stereocenters. The molecule has 28 heavy (non-hydrogen) atoms. The lowest BCUT2D eigenvalue weighted by Gasteiger charge is -2.24. The van der Waals surface area contributed by atoms with E-state index in [2.05, 4.69) is 33.8 Å². The summed E-state index contributed by atoms with van der Waals surface area (Å²) in [7, 11) is 0. The fourth-order valence-corrected chi connectivity index (χ4v) is 3.97. The lowest BCUT2D eigenvalue weighted by molar-refractivity contribution is 0.0208. The molecular formula is C25H40O3. The molecule has 1 fully saturated rings. The van der Waals surface area contributed by atoms with Crippen LogP contribution in [0.5, 0.6) is 5.75 Å². The Morgan fingerprint density at radius 2 is 1.68 bits per heavy atom. The first-order chi connectivity index (χ1) is 13.3. The molecule has 0 amide bonds. The lowest BCUT2D eigenvalue weighted by Crippen LogP contribution is -2.22. The highest BCUT2D eigenvalue weighted by molar-refractivity contribution is 5.93. The highest BCUT2D eigenvalue weighted by Crippen LogP contribution is 2.33. The van der Waals surface area contributed by atoms with Crippen molar-refractivity contribution >= 4 is 5.97 Å². The van der Waals surface area contributed by atoms with Crippen molar-refractivity contribution in [3.05, 3.63) is 28.8 Å². The SMILES string of the molecule is CCCCCCCCc1cc(C(C)(C)C)cc(C(=O)OC2CCCCC2)c1O. The van der Waals surface area contributed by atoms with Gasteiger partial charge in [-0.15, -0.1) is 0 Å². The molecule has 0 aromatic heterocycles. The van der Waals surface area contributed by atoms with Gasteiger partial charge in [0.25, 0.3) is 0 Å². The van der Waals surface area contributed by atoms with Crippen LogP contribution < -0.4 is 0 Å². The second kappa shape index (κ2) is 10.9. The van der Waals surface area contributed by atoms with E-state index < -0.39 is 0 Å². The topological polar surface area (TPSA) is 46.5 Å². The van der Waals surface area contributed by atoms with Crippen molar-refractivity contribution in [3.63, 3.8) is 0 Å². The molecule has 158 valence electrons. The van der Waals surface area contributed by atoms with E-state index in [4.69, 9.17) is 4.74 Å². The molecule has 0 aliphatic heterocycles. The Balaban J connectivity index is 2.12. The predicted molar refractivity (Wildman–Crippen MR) is 116 cm³/mol. The van der Waals surface area contributed by atoms with Gasteiger partial charge in [0.15, 0.2) is 0 Å². The maximum absolute atomic E-state index is 12.8. The Morgan fingerprint density at radius 1 is 1.04 bits per heavy atom. The van der Waals surface area contributed by atoms with Gasteiger partial charge in [-0.3, -0.25) is 0 Å². The van der Waals surface area contributed by atoms with Crippen LogP contribution in [0.2, 0.25) is 0 Å². The molecule has 0 atom stereocenters. The Hall–Kier alpha value is -1.51. The van der Waals surface area contributed by atoms with Crippen molar-refractivity contribution < 1.29 is 14.6 Å². The Labute approximate surface area is 171 Å². The van der Waals surface area contributed by atoms with Gasteiger partial charge in [-0.1, -0.05) is 72.3 Å². The van der Waals surface area contributed by atoms with Crippen LogP contribution in [0.15, 0.2) is 12.1 Å². The molecule has 0 heterocycles. The second-order valence-corrected chi connectivity index (χ2v) is 9.46. The minimum atomic E-state index is -0.361. The summed E-state index contributed by atoms with van der Waals surface area (Å²) in [5, 5.41) is 10.8. The fourth-order valence-electron chi connectivity index (χ4n) is 3.97. The van der Waals surface area contributed by atoms with Crippen molar-refractivity contribution in [2.45, 2.75) is 116 Å². The molecule has 1 saturated carbocycles. The van der Waals surface area contributed by atoms with E-state index in [1.807, 2.05) is 6.07 Å². The van der Waals surface area contributed by atoms with Crippen LogP contribution >= 0.6 is 0 Å². The third kappa shape index (κ3) is 6.83. The normalized spacial score (nSPS) is 15.6. The largest absolute Gasteiger partial charge is 0.507 e. The average Bonchev–Trinajstić information content (AvgIpc) is 2.65. The van der Waals surface area contributed by atoms with Crippen molar-refractivity contribution in [1.82, 2.24) is 0 Å². The van der Waals surface area contributed by atoms with Crippen molar-refractivity contribution in [2.24, 2.45) is 0 Å². The van der Waals surface area contributed by atoms with Gasteiger partial charge < -0.3 is 9.84 Å². The Bertz CT molecular complexity index is 621. The number of aromatic hydroxyl groups is 1. The molecule has 1 aromatic carbocycles. The maximum Gasteiger partial charge on any atom is 0.342 e. The van der Waals surface area contributed by atoms with Gasteiger partial charge in [0.2, 0.25) is 0 Å². The first kappa shape index (κ1) is 22.8. The number of phenolic OH excluding ortho intramolecular Hbond substituents is 1. The number of benzene rings is 1. The molecule has 2 rings (SSSR count). The zero-order chi connectivity index (χ0) is 20.6. The van der Waals surface area contributed by atoms with E-state index in [1.54, 1.807) is 0 Å². The summed E-state index contributed by atoms with van der Waals surface area (Å²) in [6.07, 6.45) is 13.4. The molecule has 3 nitrogen and oxygen atoms in total. The number of phenols is 1. The molecule has 3 heteroatoms. The van der Waals surface area contributed by atoms with Gasteiger partial charge in [-0.05, 0) is 61.1 Å². The summed E-state index contributed by atoms with van der Waals surface area (Å²) in [4.78, 5) is 12.8. The van der Waals surface area contributed by atoms with Crippen LogP contribution in [0.3, 0.4) is 0 Å². The van der Waals surface area contributed by atoms with Crippen molar-refractivity contribution in [2.75, 3.05) is 0 Å². The lowest BCUT2D eigenvalue weighted by atomic mass is 9.84. The number of carbonyl (C=O) groups excluding carboxylic acids is 1. The molecule has 1 aliphatic carbocycles. The third-order valence-corrected chi connectivity index (χ3v) is 5.90. The van der Waals surface area contributed by atoms with E-state index in [1.165, 1.54) is 38.5 Å². The van der Waals surface area contributed by atoms with E-state index in [-0.39, 0.29) is 23.2 Å². The summed E-state index contributed by atoms with van der Waals surface area (Å²) in [6.45, 7) is 8.66. The quantitative estimate of drug-likeness (QED) is 0.363. The first-order valence-corrected chi connectivity index (χ1v) is 11.4. The van der Waals surface area contributed by atoms with Crippen LogP contribution in [0.25, 0.3) is 0 Å². The minimum absolute atomic E-state index is 0.000888. The van der Waals surface area contributed by atoms with Crippen molar-refractivity contribution in [1.29, 1.82) is 0 Å². The molecular weight excluding hydrogens is 348 g/mol. The first-order valence-electron chi connectivity index (χ1n) is 11.4. The number of aryl methyl sites for hydroxylation is 1. The van der Waals surface area contributed by atoms with Crippen LogP contribution in [0, 0.1) is 0 Å². The van der Waals surface area contributed by atoms with Crippen LogP contribution in [-0.4, -0.2) is 17.2 Å². The van der Waals surface area contributed by atoms with E-state index in [0.29, 0.717) is 5.56 Å². The molecule has 1 aliphatic rings. The van der Waals surface area contributed by atoms with Gasteiger partial charge >= 0.3 is 5.97 Å². The maximum atomic E-state index is 12.8. The number of ether oxygens (including phenoxy) is 1. The predicted octanol–water partition coefficient (Wildman–Crippen LogP) is 7.08. The fraction of sp³-hybridized carbons (Fsp3) is 0.720. The van der Waals surface area contributed by atoms with Gasteiger partial charge in [0.05, 0.1) is 0 Å². The van der Waals surface area contributed by atoms with Gasteiger partial charge in [0, 0.05) is 0 Å². The number of carbonyl (C=O) groups is 1. The molecule has 0 spiro atoms. The average molecular weight is 389 g/mol. The van der Waals surface area contributed by atoms with E-state index in [0.717, 1.165) is 49.7 Å². The summed E-state index contributed by atoms with van der Waals surface area (Å²) < 4.78 is 5.75. The third-order valence-electron chi connectivity index (χ3n) is 5.90. The number of esters is 1. The molecule has 0 saturated heterocycles. The Morgan fingerprint density at radius 3 is 2.32 bits per heavy atom. The number of unbranched alkanes of at least 4 members (excludes halogenated alkanes) is 5. The highest BCUT2D eigenvalue weighted by Gasteiger charge is 2.25. The smallest absolute Gasteiger partial charge is 0.342 e. The Kier molecular flexibility index (Phi) is 8.85. The van der Waals surface area contributed by atoms with Crippen molar-refractivity contribution in [3.8, 4) is 5.75 Å². The number of hydrogen-bond donors (Lipinski definition) is 1.